The molecule has 3 heterocycles. The molecular formula is C25H31ClF2N7O7P. The molecule has 1 saturated carbocycles. The van der Waals surface area contributed by atoms with Crippen LogP contribution in [-0.4, -0.2) is 79.4 Å². The number of esters is 1. The number of alkyl halides is 3. The van der Waals surface area contributed by atoms with Crippen LogP contribution in [0.5, 0.6) is 5.75 Å². The molecule has 234 valence electrons. The lowest BCUT2D eigenvalue weighted by atomic mass is 9.99. The summed E-state index contributed by atoms with van der Waals surface area (Å²) < 4.78 is 65.9. The van der Waals surface area contributed by atoms with E-state index in [9.17, 15) is 23.2 Å². The first-order valence-electron chi connectivity index (χ1n) is 13.5. The number of nitrogens with one attached hydrogen (secondary N) is 2. The average molecular weight is 646 g/mol. The van der Waals surface area contributed by atoms with Crippen molar-refractivity contribution in [3.8, 4) is 5.75 Å². The van der Waals surface area contributed by atoms with Gasteiger partial charge in [-0.05, 0) is 38.8 Å². The van der Waals surface area contributed by atoms with Gasteiger partial charge in [0.1, 0.15) is 24.0 Å². The summed E-state index contributed by atoms with van der Waals surface area (Å²) in [6.07, 6.45) is -5.57. The van der Waals surface area contributed by atoms with E-state index in [4.69, 9.17) is 35.9 Å². The Morgan fingerprint density at radius 2 is 2.05 bits per heavy atom. The van der Waals surface area contributed by atoms with Crippen molar-refractivity contribution < 1.29 is 41.8 Å². The van der Waals surface area contributed by atoms with E-state index in [1.165, 1.54) is 25.4 Å². The topological polar surface area (TPSA) is 185 Å². The van der Waals surface area contributed by atoms with Crippen molar-refractivity contribution in [1.29, 1.82) is 0 Å². The number of nitrogens with two attached hydrogens (primary N) is 1. The Morgan fingerprint density at radius 3 is 2.70 bits per heavy atom. The Hall–Kier alpha value is -3.14. The lowest BCUT2D eigenvalue weighted by Crippen LogP contribution is -2.48. The first-order chi connectivity index (χ1) is 20.4. The number of nitrogens with zero attached hydrogens (tertiary/aromatic N) is 4. The van der Waals surface area contributed by atoms with Crippen LogP contribution in [0.4, 0.5) is 20.5 Å². The van der Waals surface area contributed by atoms with Crippen LogP contribution in [0.25, 0.3) is 11.2 Å². The molecular weight excluding hydrogens is 615 g/mol. The third-order valence-electron chi connectivity index (χ3n) is 6.80. The summed E-state index contributed by atoms with van der Waals surface area (Å²) in [6, 6.07) is 6.95. The summed E-state index contributed by atoms with van der Waals surface area (Å²) in [5.74, 6) is -0.437. The number of rotatable bonds is 13. The van der Waals surface area contributed by atoms with Gasteiger partial charge >= 0.3 is 13.7 Å². The first-order valence-corrected chi connectivity index (χ1v) is 15.4. The molecule has 2 aromatic heterocycles. The number of nitrogen functional groups attached to an aromatic ring is 1. The zero-order chi connectivity index (χ0) is 30.9. The van der Waals surface area contributed by atoms with Crippen molar-refractivity contribution in [3.63, 3.8) is 0 Å². The second-order valence-corrected chi connectivity index (χ2v) is 12.4. The van der Waals surface area contributed by atoms with Gasteiger partial charge in [-0.15, -0.1) is 11.6 Å². The molecule has 1 aliphatic heterocycles. The molecule has 43 heavy (non-hydrogen) atoms. The second-order valence-electron chi connectivity index (χ2n) is 10.1. The lowest BCUT2D eigenvalue weighted by Gasteiger charge is -2.29. The number of benzene rings is 1. The number of fused-ring (bicyclic) bond motifs is 1. The summed E-state index contributed by atoms with van der Waals surface area (Å²) in [7, 11) is -4.40. The third kappa shape index (κ3) is 6.54. The van der Waals surface area contributed by atoms with Gasteiger partial charge < -0.3 is 30.2 Å². The van der Waals surface area contributed by atoms with E-state index >= 15 is 0 Å². The Balaban J connectivity index is 1.41. The van der Waals surface area contributed by atoms with Gasteiger partial charge in [-0.3, -0.25) is 13.9 Å². The molecule has 1 aromatic carbocycles. The van der Waals surface area contributed by atoms with E-state index < -0.39 is 56.1 Å². The zero-order valence-electron chi connectivity index (χ0n) is 23.1. The molecule has 0 radical (unpaired) electrons. The van der Waals surface area contributed by atoms with Crippen molar-refractivity contribution >= 4 is 48.2 Å². The molecule has 5 rings (SSSR count). The van der Waals surface area contributed by atoms with Crippen molar-refractivity contribution in [2.75, 3.05) is 24.3 Å². The van der Waals surface area contributed by atoms with E-state index in [-0.39, 0.29) is 35.5 Å². The normalized spacial score (nSPS) is 25.9. The number of aliphatic hydroxyl groups excluding tert-OH is 1. The van der Waals surface area contributed by atoms with Crippen LogP contribution in [0.15, 0.2) is 36.7 Å². The van der Waals surface area contributed by atoms with Gasteiger partial charge in [0.15, 0.2) is 28.1 Å². The molecule has 3 aromatic rings. The molecule has 1 saturated heterocycles. The second kappa shape index (κ2) is 12.5. The van der Waals surface area contributed by atoms with Crippen LogP contribution in [0.1, 0.15) is 32.9 Å². The molecule has 0 bridgehead atoms. The minimum atomic E-state index is -4.40. The fraction of sp³-hybridized carbons (Fsp3) is 0.520. The van der Waals surface area contributed by atoms with Gasteiger partial charge in [0.25, 0.3) is 6.43 Å². The average Bonchev–Trinajstić information content (AvgIpc) is 3.62. The van der Waals surface area contributed by atoms with Crippen molar-refractivity contribution in [2.45, 2.75) is 68.5 Å². The van der Waals surface area contributed by atoms with Gasteiger partial charge in [0, 0.05) is 6.04 Å². The maximum absolute atomic E-state index is 14.6. The molecule has 5 N–H and O–H groups in total. The van der Waals surface area contributed by atoms with E-state index in [1.807, 2.05) is 0 Å². The summed E-state index contributed by atoms with van der Waals surface area (Å²) in [5.41, 5.74) is 6.17. The highest BCUT2D eigenvalue weighted by atomic mass is 35.5. The SMILES string of the molecule is CCOC(=O)[C@@H](C)NP(=O)(OC[C@H]1O[C@@H](n2cnc3c(NC4CC4)nc(N)nc32)[C@@](Cl)(C(F)F)[C@@H]1O)Oc1ccccc1. The number of hydrogen-bond acceptors (Lipinski definition) is 12. The number of carbonyl (C=O) groups is 1. The van der Waals surface area contributed by atoms with Crippen LogP contribution < -0.4 is 20.7 Å². The van der Waals surface area contributed by atoms with Gasteiger partial charge in [-0.1, -0.05) is 18.2 Å². The quantitative estimate of drug-likeness (QED) is 0.121. The number of ether oxygens (including phenoxy) is 2. The minimum absolute atomic E-state index is 0.0445. The monoisotopic (exact) mass is 645 g/mol. The van der Waals surface area contributed by atoms with Gasteiger partial charge in [0.2, 0.25) is 5.95 Å². The number of anilines is 2. The Bertz CT molecular complexity index is 1500. The summed E-state index contributed by atoms with van der Waals surface area (Å²) >= 11 is 6.43. The standard InChI is InChI=1S/C25H31ClF2N7O7P/c1-3-39-21(37)13(2)34-43(38,42-15-7-5-4-6-8-15)40-11-16-18(36)25(26,22(27)28)23(41-16)35-12-30-17-19(31-14-9-10-14)32-24(29)33-20(17)35/h4-8,12-14,16,18,22-23,36H,3,9-11H2,1-2H3,(H,34,38)(H3,29,31,32,33)/t13-,16-,18-,23-,25+,43?/m1/s1. The van der Waals surface area contributed by atoms with E-state index in [1.54, 1.807) is 25.1 Å². The highest BCUT2D eigenvalue weighted by Crippen LogP contribution is 2.51. The van der Waals surface area contributed by atoms with Gasteiger partial charge in [-0.25, -0.2) is 18.3 Å². The molecule has 1 unspecified atom stereocenters. The predicted octanol–water partition coefficient (Wildman–Crippen LogP) is 3.23. The van der Waals surface area contributed by atoms with Gasteiger partial charge in [0.05, 0.1) is 19.5 Å². The fourth-order valence-corrected chi connectivity index (χ4v) is 6.29. The van der Waals surface area contributed by atoms with Crippen molar-refractivity contribution in [3.05, 3.63) is 36.7 Å². The molecule has 2 fully saturated rings. The maximum atomic E-state index is 14.6. The third-order valence-corrected chi connectivity index (χ3v) is 9.02. The van der Waals surface area contributed by atoms with Crippen molar-refractivity contribution in [1.82, 2.24) is 24.6 Å². The smallest absolute Gasteiger partial charge is 0.459 e. The highest BCUT2D eigenvalue weighted by Gasteiger charge is 2.62. The van der Waals surface area contributed by atoms with Crippen LogP contribution in [0.2, 0.25) is 0 Å². The number of imidazole rings is 1. The number of carbonyl (C=O) groups excluding carboxylic acids is 1. The van der Waals surface area contributed by atoms with E-state index in [0.717, 1.165) is 17.4 Å². The first kappa shape index (κ1) is 31.3. The number of halogens is 3. The summed E-state index contributed by atoms with van der Waals surface area (Å²) in [4.78, 5) is 22.1. The molecule has 14 nitrogen and oxygen atoms in total. The van der Waals surface area contributed by atoms with Crippen LogP contribution >= 0.6 is 19.3 Å². The number of para-hydroxylation sites is 1. The Labute approximate surface area is 249 Å². The lowest BCUT2D eigenvalue weighted by molar-refractivity contribution is -0.144. The minimum Gasteiger partial charge on any atom is -0.465 e. The number of hydrogen-bond donors (Lipinski definition) is 4. The van der Waals surface area contributed by atoms with E-state index in [0.29, 0.717) is 5.82 Å². The van der Waals surface area contributed by atoms with Crippen LogP contribution in [-0.2, 0) is 23.4 Å². The predicted molar refractivity (Wildman–Crippen MR) is 151 cm³/mol. The molecule has 18 heteroatoms. The number of aromatic nitrogens is 4. The molecule has 1 aliphatic carbocycles. The fourth-order valence-electron chi connectivity index (χ4n) is 4.49. The van der Waals surface area contributed by atoms with Gasteiger partial charge in [-0.2, -0.15) is 15.1 Å². The highest BCUT2D eigenvalue weighted by molar-refractivity contribution is 7.52. The molecule has 0 spiro atoms. The van der Waals surface area contributed by atoms with Crippen LogP contribution in [0.3, 0.4) is 0 Å². The summed E-state index contributed by atoms with van der Waals surface area (Å²) in [5, 5.41) is 16.7. The Morgan fingerprint density at radius 1 is 1.33 bits per heavy atom. The summed E-state index contributed by atoms with van der Waals surface area (Å²) in [6.45, 7) is 2.32. The van der Waals surface area contributed by atoms with Crippen molar-refractivity contribution in [2.24, 2.45) is 0 Å². The van der Waals surface area contributed by atoms with E-state index in [2.05, 4.69) is 25.4 Å². The molecule has 0 amide bonds. The number of aliphatic hydroxyl groups is 1. The largest absolute Gasteiger partial charge is 0.465 e. The van der Waals surface area contributed by atoms with Crippen LogP contribution in [0, 0.1) is 0 Å². The molecule has 6 atom stereocenters. The zero-order valence-corrected chi connectivity index (χ0v) is 24.8. The maximum Gasteiger partial charge on any atom is 0.459 e. The molecule has 2 aliphatic rings. The Kier molecular flexibility index (Phi) is 9.07.